The molecule has 1 unspecified atom stereocenters. The van der Waals surface area contributed by atoms with Gasteiger partial charge in [0, 0.05) is 11.3 Å². The van der Waals surface area contributed by atoms with Gasteiger partial charge >= 0.3 is 0 Å². The molecule has 3 rings (SSSR count). The molecule has 37 heavy (non-hydrogen) atoms. The Morgan fingerprint density at radius 2 is 1.81 bits per heavy atom. The quantitative estimate of drug-likeness (QED) is 0.198. The molecule has 0 heterocycles. The number of rotatable bonds is 10. The highest BCUT2D eigenvalue weighted by Gasteiger charge is 2.30. The van der Waals surface area contributed by atoms with E-state index in [1.54, 1.807) is 69.5 Å². The molecule has 1 atom stereocenters. The second-order valence-corrected chi connectivity index (χ2v) is 9.28. The van der Waals surface area contributed by atoms with E-state index in [1.165, 1.54) is 6.21 Å². The number of anilines is 1. The average Bonchev–Trinajstić information content (AvgIpc) is 2.88. The van der Waals surface area contributed by atoms with Crippen molar-refractivity contribution in [2.75, 3.05) is 12.4 Å². The largest absolute Gasteiger partial charge is 0.497 e. The minimum absolute atomic E-state index is 0.245. The van der Waals surface area contributed by atoms with Crippen molar-refractivity contribution >= 4 is 39.6 Å². The van der Waals surface area contributed by atoms with Crippen molar-refractivity contribution in [2.24, 2.45) is 16.9 Å². The van der Waals surface area contributed by atoms with Gasteiger partial charge < -0.3 is 14.8 Å². The van der Waals surface area contributed by atoms with Gasteiger partial charge in [0.05, 0.1) is 29.4 Å². The van der Waals surface area contributed by atoms with Gasteiger partial charge in [0.1, 0.15) is 24.0 Å². The maximum Gasteiger partial charge on any atom is 0.252 e. The number of carbonyl (C=O) groups excluding carboxylic acids is 2. The normalized spacial score (nSPS) is 11.6. The van der Waals surface area contributed by atoms with Crippen LogP contribution >= 0.6 is 15.9 Å². The number of nitrogens with one attached hydrogen (secondary N) is 2. The molecular formula is C28H27BrN4O4. The first kappa shape index (κ1) is 27.4. The van der Waals surface area contributed by atoms with E-state index < -0.39 is 17.7 Å². The zero-order valence-corrected chi connectivity index (χ0v) is 22.3. The van der Waals surface area contributed by atoms with E-state index in [-0.39, 0.29) is 12.5 Å². The first-order valence-corrected chi connectivity index (χ1v) is 12.3. The Morgan fingerprint density at radius 1 is 1.08 bits per heavy atom. The highest BCUT2D eigenvalue weighted by molar-refractivity contribution is 9.10. The summed E-state index contributed by atoms with van der Waals surface area (Å²) in [5.41, 5.74) is 5.10. The van der Waals surface area contributed by atoms with Gasteiger partial charge in [-0.1, -0.05) is 32.0 Å². The van der Waals surface area contributed by atoms with Crippen molar-refractivity contribution < 1.29 is 19.1 Å². The summed E-state index contributed by atoms with van der Waals surface area (Å²) in [4.78, 5) is 25.5. The van der Waals surface area contributed by atoms with Crippen LogP contribution in [0.4, 0.5) is 5.69 Å². The Labute approximate surface area is 224 Å². The molecule has 0 bridgehead atoms. The molecule has 2 amide bonds. The molecule has 9 heteroatoms. The lowest BCUT2D eigenvalue weighted by Crippen LogP contribution is -2.39. The van der Waals surface area contributed by atoms with E-state index in [9.17, 15) is 14.9 Å². The Kier molecular flexibility index (Phi) is 9.81. The molecule has 0 aliphatic carbocycles. The average molecular weight is 563 g/mol. The topological polar surface area (TPSA) is 113 Å². The van der Waals surface area contributed by atoms with Crippen molar-refractivity contribution in [2.45, 2.75) is 20.5 Å². The molecule has 2 N–H and O–H groups in total. The standard InChI is InChI=1S/C28H27BrN4O4/c1-18(2)26(27(34)32-22-9-11-23(36-3)12-10-22)28(35)33-31-16-19-8-13-25(24(29)14-19)37-17-21-7-5-4-6-20(21)15-30/h4-14,16,18,26H,17H2,1-3H3,(H,32,34)(H,33,35). The summed E-state index contributed by atoms with van der Waals surface area (Å²) >= 11 is 3.48. The molecule has 0 fully saturated rings. The van der Waals surface area contributed by atoms with Gasteiger partial charge in [-0.25, -0.2) is 5.43 Å². The number of methoxy groups -OCH3 is 1. The first-order chi connectivity index (χ1) is 17.8. The van der Waals surface area contributed by atoms with Gasteiger partial charge in [0.2, 0.25) is 5.91 Å². The number of hydrogen-bond acceptors (Lipinski definition) is 6. The van der Waals surface area contributed by atoms with Crippen molar-refractivity contribution in [1.82, 2.24) is 5.43 Å². The van der Waals surface area contributed by atoms with Crippen LogP contribution in [0, 0.1) is 23.2 Å². The summed E-state index contributed by atoms with van der Waals surface area (Å²) in [6, 6.07) is 21.6. The van der Waals surface area contributed by atoms with Gasteiger partial charge in [0.15, 0.2) is 0 Å². The van der Waals surface area contributed by atoms with E-state index in [2.05, 4.69) is 37.8 Å². The smallest absolute Gasteiger partial charge is 0.252 e. The maximum atomic E-state index is 12.8. The van der Waals surface area contributed by atoms with Crippen LogP contribution in [0.3, 0.4) is 0 Å². The minimum Gasteiger partial charge on any atom is -0.497 e. The van der Waals surface area contributed by atoms with Gasteiger partial charge in [-0.15, -0.1) is 0 Å². The summed E-state index contributed by atoms with van der Waals surface area (Å²) < 4.78 is 11.7. The van der Waals surface area contributed by atoms with E-state index in [1.807, 2.05) is 18.2 Å². The number of hydrazone groups is 1. The van der Waals surface area contributed by atoms with E-state index in [4.69, 9.17) is 9.47 Å². The lowest BCUT2D eigenvalue weighted by atomic mass is 9.94. The summed E-state index contributed by atoms with van der Waals surface area (Å²) in [6.07, 6.45) is 1.48. The van der Waals surface area contributed by atoms with Crippen LogP contribution < -0.4 is 20.2 Å². The number of nitriles is 1. The fourth-order valence-electron chi connectivity index (χ4n) is 3.48. The molecule has 0 saturated carbocycles. The molecule has 3 aromatic rings. The maximum absolute atomic E-state index is 12.8. The number of hydrogen-bond donors (Lipinski definition) is 2. The predicted molar refractivity (Wildman–Crippen MR) is 145 cm³/mol. The van der Waals surface area contributed by atoms with Gasteiger partial charge in [-0.05, 0) is 75.9 Å². The zero-order chi connectivity index (χ0) is 26.8. The van der Waals surface area contributed by atoms with Crippen LogP contribution in [0.5, 0.6) is 11.5 Å². The fraction of sp³-hybridized carbons (Fsp3) is 0.214. The highest BCUT2D eigenvalue weighted by atomic mass is 79.9. The minimum atomic E-state index is -0.932. The molecule has 0 aromatic heterocycles. The summed E-state index contributed by atoms with van der Waals surface area (Å²) in [6.45, 7) is 3.85. The molecule has 0 saturated heterocycles. The number of ether oxygens (including phenoxy) is 2. The summed E-state index contributed by atoms with van der Waals surface area (Å²) in [5, 5.41) is 16.0. The van der Waals surface area contributed by atoms with E-state index in [0.717, 1.165) is 5.56 Å². The van der Waals surface area contributed by atoms with Gasteiger partial charge in [0.25, 0.3) is 5.91 Å². The molecule has 3 aromatic carbocycles. The molecule has 0 spiro atoms. The van der Waals surface area contributed by atoms with E-state index >= 15 is 0 Å². The number of amides is 2. The van der Waals surface area contributed by atoms with Crippen molar-refractivity contribution in [3.05, 3.63) is 87.9 Å². The SMILES string of the molecule is COc1ccc(NC(=O)C(C(=O)NN=Cc2ccc(OCc3ccccc3C#N)c(Br)c2)C(C)C)cc1. The van der Waals surface area contributed by atoms with E-state index in [0.29, 0.717) is 32.8 Å². The Morgan fingerprint density at radius 3 is 2.46 bits per heavy atom. The van der Waals surface area contributed by atoms with Crippen LogP contribution in [-0.4, -0.2) is 25.1 Å². The summed E-state index contributed by atoms with van der Waals surface area (Å²) in [5.74, 6) is -0.837. The molecule has 0 aliphatic rings. The second kappa shape index (κ2) is 13.2. The molecular weight excluding hydrogens is 536 g/mol. The van der Waals surface area contributed by atoms with Crippen LogP contribution in [-0.2, 0) is 16.2 Å². The Balaban J connectivity index is 1.59. The van der Waals surface area contributed by atoms with Crippen LogP contribution in [0.15, 0.2) is 76.3 Å². The fourth-order valence-corrected chi connectivity index (χ4v) is 4.00. The van der Waals surface area contributed by atoms with Crippen molar-refractivity contribution in [3.63, 3.8) is 0 Å². The number of nitrogens with zero attached hydrogens (tertiary/aromatic N) is 2. The van der Waals surface area contributed by atoms with Crippen LogP contribution in [0.25, 0.3) is 0 Å². The lowest BCUT2D eigenvalue weighted by Gasteiger charge is -2.18. The highest BCUT2D eigenvalue weighted by Crippen LogP contribution is 2.27. The van der Waals surface area contributed by atoms with Crippen LogP contribution in [0.1, 0.15) is 30.5 Å². The first-order valence-electron chi connectivity index (χ1n) is 11.5. The van der Waals surface area contributed by atoms with Gasteiger partial charge in [-0.2, -0.15) is 10.4 Å². The predicted octanol–water partition coefficient (Wildman–Crippen LogP) is 5.27. The number of benzene rings is 3. The molecule has 8 nitrogen and oxygen atoms in total. The Hall–Kier alpha value is -4.16. The number of halogens is 1. The lowest BCUT2D eigenvalue weighted by molar-refractivity contribution is -0.134. The van der Waals surface area contributed by atoms with Crippen molar-refractivity contribution in [3.8, 4) is 17.6 Å². The molecule has 190 valence electrons. The van der Waals surface area contributed by atoms with Crippen LogP contribution in [0.2, 0.25) is 0 Å². The monoisotopic (exact) mass is 562 g/mol. The third kappa shape index (κ3) is 7.66. The third-order valence-electron chi connectivity index (χ3n) is 5.45. The summed E-state index contributed by atoms with van der Waals surface area (Å²) in [7, 11) is 1.56. The molecule has 0 aliphatic heterocycles. The third-order valence-corrected chi connectivity index (χ3v) is 6.07. The Bertz CT molecular complexity index is 1320. The zero-order valence-electron chi connectivity index (χ0n) is 20.7. The second-order valence-electron chi connectivity index (χ2n) is 8.42. The van der Waals surface area contributed by atoms with Gasteiger partial charge in [-0.3, -0.25) is 9.59 Å². The number of carbonyl (C=O) groups is 2. The van der Waals surface area contributed by atoms with Crippen molar-refractivity contribution in [1.29, 1.82) is 5.26 Å². The molecule has 0 radical (unpaired) electrons.